The molecule has 5 heteroatoms. The molecular weight excluding hydrogens is 304 g/mol. The van der Waals surface area contributed by atoms with Crippen molar-refractivity contribution in [3.05, 3.63) is 40.6 Å². The molecule has 2 rings (SSSR count). The van der Waals surface area contributed by atoms with Gasteiger partial charge in [0.05, 0.1) is 12.2 Å². The van der Waals surface area contributed by atoms with E-state index in [0.717, 1.165) is 16.7 Å². The highest BCUT2D eigenvalue weighted by molar-refractivity contribution is 6.35. The van der Waals surface area contributed by atoms with Gasteiger partial charge >= 0.3 is 0 Å². The summed E-state index contributed by atoms with van der Waals surface area (Å²) < 4.78 is 0. The van der Waals surface area contributed by atoms with E-state index in [1.807, 2.05) is 45.9 Å². The molecule has 0 radical (unpaired) electrons. The smallest absolute Gasteiger partial charge is 0.277 e. The fourth-order valence-corrected chi connectivity index (χ4v) is 2.87. The summed E-state index contributed by atoms with van der Waals surface area (Å²) in [4.78, 5) is 28.7. The molecule has 0 saturated carbocycles. The van der Waals surface area contributed by atoms with E-state index >= 15 is 0 Å². The number of imide groups is 1. The Labute approximate surface area is 143 Å². The van der Waals surface area contributed by atoms with Gasteiger partial charge in [-0.15, -0.1) is 0 Å². The van der Waals surface area contributed by atoms with Gasteiger partial charge in [0.1, 0.15) is 5.70 Å². The Kier molecular flexibility index (Phi) is 5.44. The molecule has 0 fully saturated rings. The second-order valence-electron chi connectivity index (χ2n) is 6.78. The van der Waals surface area contributed by atoms with Crippen LogP contribution in [0.4, 0.5) is 0 Å². The maximum absolute atomic E-state index is 12.9. The molecule has 0 aromatic heterocycles. The Morgan fingerprint density at radius 2 is 1.79 bits per heavy atom. The lowest BCUT2D eigenvalue weighted by Crippen LogP contribution is -2.37. The molecule has 1 aliphatic rings. The molecule has 0 bridgehead atoms. The molecule has 0 spiro atoms. The molecule has 2 amide bonds. The van der Waals surface area contributed by atoms with Crippen LogP contribution in [0.15, 0.2) is 23.9 Å². The molecule has 1 N–H and O–H groups in total. The minimum Gasteiger partial charge on any atom is -0.395 e. The summed E-state index contributed by atoms with van der Waals surface area (Å²) in [6.07, 6.45) is 0. The van der Waals surface area contributed by atoms with Crippen LogP contribution in [0.5, 0.6) is 0 Å². The molecule has 1 aromatic rings. The number of amides is 2. The minimum atomic E-state index is -0.280. The summed E-state index contributed by atoms with van der Waals surface area (Å²) in [5.74, 6) is -0.337. The molecule has 0 atom stereocenters. The first kappa shape index (κ1) is 18.2. The monoisotopic (exact) mass is 330 g/mol. The summed E-state index contributed by atoms with van der Waals surface area (Å²) in [5.41, 5.74) is 3.77. The quantitative estimate of drug-likeness (QED) is 0.810. The number of hydrogen-bond donors (Lipinski definition) is 1. The van der Waals surface area contributed by atoms with Gasteiger partial charge in [0, 0.05) is 20.1 Å². The lowest BCUT2D eigenvalue weighted by molar-refractivity contribution is -0.138. The topological polar surface area (TPSA) is 60.9 Å². The van der Waals surface area contributed by atoms with E-state index in [0.29, 0.717) is 24.4 Å². The van der Waals surface area contributed by atoms with Crippen molar-refractivity contribution in [3.63, 3.8) is 0 Å². The summed E-state index contributed by atoms with van der Waals surface area (Å²) in [6.45, 7) is 8.58. The van der Waals surface area contributed by atoms with Crippen LogP contribution >= 0.6 is 0 Å². The van der Waals surface area contributed by atoms with Gasteiger partial charge in [-0.1, -0.05) is 32.0 Å². The molecule has 1 aliphatic heterocycles. The van der Waals surface area contributed by atoms with Crippen molar-refractivity contribution in [3.8, 4) is 0 Å². The average molecular weight is 330 g/mol. The lowest BCUT2D eigenvalue weighted by Gasteiger charge is -2.21. The van der Waals surface area contributed by atoms with Crippen LogP contribution in [-0.4, -0.2) is 53.5 Å². The van der Waals surface area contributed by atoms with Crippen molar-refractivity contribution in [1.82, 2.24) is 9.80 Å². The van der Waals surface area contributed by atoms with Gasteiger partial charge in [0.15, 0.2) is 0 Å². The maximum Gasteiger partial charge on any atom is 0.277 e. The van der Waals surface area contributed by atoms with Crippen LogP contribution in [0.1, 0.15) is 30.5 Å². The predicted molar refractivity (Wildman–Crippen MR) is 94.1 cm³/mol. The third-order valence-electron chi connectivity index (χ3n) is 4.30. The SMILES string of the molecule is Cc1ccc(C2=C(N(C)CCO)C(=O)N(CC(C)C)C2=O)cc1C. The lowest BCUT2D eigenvalue weighted by atomic mass is 9.99. The summed E-state index contributed by atoms with van der Waals surface area (Å²) in [5, 5.41) is 9.22. The van der Waals surface area contributed by atoms with Crippen LogP contribution in [0.2, 0.25) is 0 Å². The van der Waals surface area contributed by atoms with Crippen molar-refractivity contribution in [2.75, 3.05) is 26.7 Å². The third-order valence-corrected chi connectivity index (χ3v) is 4.30. The van der Waals surface area contributed by atoms with E-state index in [1.54, 1.807) is 11.9 Å². The number of carbonyl (C=O) groups excluding carboxylic acids is 2. The summed E-state index contributed by atoms with van der Waals surface area (Å²) >= 11 is 0. The zero-order chi connectivity index (χ0) is 18.0. The highest BCUT2D eigenvalue weighted by Crippen LogP contribution is 2.32. The van der Waals surface area contributed by atoms with Gasteiger partial charge in [-0.2, -0.15) is 0 Å². The van der Waals surface area contributed by atoms with Gasteiger partial charge in [0.2, 0.25) is 0 Å². The highest BCUT2D eigenvalue weighted by Gasteiger charge is 2.40. The average Bonchev–Trinajstić information content (AvgIpc) is 2.74. The van der Waals surface area contributed by atoms with Gasteiger partial charge in [-0.25, -0.2) is 0 Å². The predicted octanol–water partition coefficient (Wildman–Crippen LogP) is 1.96. The second-order valence-corrected chi connectivity index (χ2v) is 6.78. The van der Waals surface area contributed by atoms with Crippen molar-refractivity contribution >= 4 is 17.4 Å². The molecule has 1 aromatic carbocycles. The van der Waals surface area contributed by atoms with E-state index < -0.39 is 0 Å². The van der Waals surface area contributed by atoms with E-state index in [2.05, 4.69) is 0 Å². The van der Waals surface area contributed by atoms with Gasteiger partial charge in [-0.05, 0) is 36.5 Å². The zero-order valence-corrected chi connectivity index (χ0v) is 15.1. The van der Waals surface area contributed by atoms with Crippen molar-refractivity contribution in [2.45, 2.75) is 27.7 Å². The number of carbonyl (C=O) groups is 2. The Bertz CT molecular complexity index is 692. The molecule has 130 valence electrons. The maximum atomic E-state index is 12.9. The standard InChI is InChI=1S/C19H26N2O3/c1-12(2)11-21-18(23)16(15-7-6-13(3)14(4)10-15)17(19(21)24)20(5)8-9-22/h6-7,10,12,22H,8-9,11H2,1-5H3. The van der Waals surface area contributed by atoms with Crippen LogP contribution in [0, 0.1) is 19.8 Å². The molecule has 1 heterocycles. The fourth-order valence-electron chi connectivity index (χ4n) is 2.87. The summed E-state index contributed by atoms with van der Waals surface area (Å²) in [6, 6.07) is 5.79. The number of benzene rings is 1. The van der Waals surface area contributed by atoms with Crippen molar-refractivity contribution in [2.24, 2.45) is 5.92 Å². The van der Waals surface area contributed by atoms with E-state index in [9.17, 15) is 14.7 Å². The largest absolute Gasteiger partial charge is 0.395 e. The fraction of sp³-hybridized carbons (Fsp3) is 0.474. The number of likely N-dealkylation sites (N-methyl/N-ethyl adjacent to an activating group) is 1. The first-order valence-corrected chi connectivity index (χ1v) is 8.28. The Hall–Kier alpha value is -2.14. The van der Waals surface area contributed by atoms with Crippen LogP contribution in [-0.2, 0) is 9.59 Å². The van der Waals surface area contributed by atoms with Crippen LogP contribution < -0.4 is 0 Å². The first-order chi connectivity index (χ1) is 11.3. The molecule has 5 nitrogen and oxygen atoms in total. The molecular formula is C19H26N2O3. The summed E-state index contributed by atoms with van der Waals surface area (Å²) in [7, 11) is 1.73. The number of hydrogen-bond acceptors (Lipinski definition) is 4. The number of nitrogens with zero attached hydrogens (tertiary/aromatic N) is 2. The highest BCUT2D eigenvalue weighted by atomic mass is 16.3. The minimum absolute atomic E-state index is 0.0775. The van der Waals surface area contributed by atoms with Gasteiger partial charge < -0.3 is 10.0 Å². The van der Waals surface area contributed by atoms with E-state index in [4.69, 9.17) is 0 Å². The van der Waals surface area contributed by atoms with Crippen LogP contribution in [0.3, 0.4) is 0 Å². The van der Waals surface area contributed by atoms with E-state index in [1.165, 1.54) is 4.90 Å². The molecule has 0 saturated heterocycles. The Morgan fingerprint density at radius 1 is 1.12 bits per heavy atom. The normalized spacial score (nSPS) is 15.0. The van der Waals surface area contributed by atoms with Crippen molar-refractivity contribution < 1.29 is 14.7 Å². The number of aliphatic hydroxyl groups excluding tert-OH is 1. The van der Waals surface area contributed by atoms with Gasteiger partial charge in [-0.3, -0.25) is 14.5 Å². The van der Waals surface area contributed by atoms with Gasteiger partial charge in [0.25, 0.3) is 11.8 Å². The van der Waals surface area contributed by atoms with Crippen LogP contribution in [0.25, 0.3) is 5.57 Å². The Balaban J connectivity index is 2.56. The number of rotatable bonds is 6. The zero-order valence-electron chi connectivity index (χ0n) is 15.1. The molecule has 0 unspecified atom stereocenters. The third kappa shape index (κ3) is 3.36. The second kappa shape index (κ2) is 7.18. The van der Waals surface area contributed by atoms with Crippen molar-refractivity contribution in [1.29, 1.82) is 0 Å². The molecule has 24 heavy (non-hydrogen) atoms. The first-order valence-electron chi connectivity index (χ1n) is 8.28. The van der Waals surface area contributed by atoms with E-state index in [-0.39, 0.29) is 24.3 Å². The molecule has 0 aliphatic carbocycles. The Morgan fingerprint density at radius 3 is 2.33 bits per heavy atom. The number of aliphatic hydroxyl groups is 1. The number of aryl methyl sites for hydroxylation is 2.